The average Bonchev–Trinajstić information content (AvgIpc) is 1.80. The van der Waals surface area contributed by atoms with Crippen molar-refractivity contribution in [2.75, 3.05) is 5.73 Å². The van der Waals surface area contributed by atoms with Crippen LogP contribution < -0.4 is 11.9 Å². The fraction of sp³-hybridized carbons (Fsp3) is 0.167. The van der Waals surface area contributed by atoms with Gasteiger partial charge in [-0.05, 0) is 18.6 Å². The maximum absolute atomic E-state index is 5.55. The topological polar surface area (TPSA) is 73.9 Å². The fourth-order valence-electron chi connectivity index (χ4n) is 0.532. The van der Waals surface area contributed by atoms with Gasteiger partial charge in [0.1, 0.15) is 5.15 Å². The third kappa shape index (κ3) is 1.86. The molecule has 0 atom stereocenters. The zero-order chi connectivity index (χ0) is 6.85. The maximum atomic E-state index is 5.55. The third-order valence-corrected chi connectivity index (χ3v) is 1.32. The van der Waals surface area contributed by atoms with Crippen LogP contribution in [0, 0.1) is 6.92 Å². The molecule has 0 saturated heterocycles. The molecule has 0 radical (unpaired) electrons. The van der Waals surface area contributed by atoms with E-state index < -0.39 is 0 Å². The Labute approximate surface area is 64.8 Å². The van der Waals surface area contributed by atoms with E-state index in [1.54, 1.807) is 12.3 Å². The molecule has 1 aromatic heterocycles. The van der Waals surface area contributed by atoms with Gasteiger partial charge >= 0.3 is 0 Å². The number of pyridine rings is 1. The molecule has 0 spiro atoms. The minimum atomic E-state index is 0. The lowest BCUT2D eigenvalue weighted by atomic mass is 10.3. The molecule has 0 aliphatic heterocycles. The monoisotopic (exact) mass is 159 g/mol. The van der Waals surface area contributed by atoms with E-state index in [1.807, 2.05) is 6.92 Å². The summed E-state index contributed by atoms with van der Waals surface area (Å²) in [6.45, 7) is 1.89. The summed E-state index contributed by atoms with van der Waals surface area (Å²) in [6.07, 6.45) is 1.55. The van der Waals surface area contributed by atoms with E-state index in [-0.39, 0.29) is 6.15 Å². The standard InChI is InChI=1S/C6H7ClN2.H3N/c1-4-2-6(7)9-3-5(4)8;/h2-3H,8H2,1H3;1H3. The zero-order valence-electron chi connectivity index (χ0n) is 5.76. The number of hydrogen-bond acceptors (Lipinski definition) is 3. The van der Waals surface area contributed by atoms with Crippen LogP contribution in [-0.4, -0.2) is 4.98 Å². The SMILES string of the molecule is Cc1cc(Cl)ncc1N.N. The van der Waals surface area contributed by atoms with Crippen molar-refractivity contribution in [2.45, 2.75) is 6.92 Å². The van der Waals surface area contributed by atoms with Crippen molar-refractivity contribution in [3.05, 3.63) is 23.0 Å². The van der Waals surface area contributed by atoms with Crippen LogP contribution in [0.4, 0.5) is 5.69 Å². The Morgan fingerprint density at radius 3 is 2.60 bits per heavy atom. The molecule has 0 aromatic carbocycles. The molecule has 56 valence electrons. The number of aromatic nitrogens is 1. The molecule has 5 N–H and O–H groups in total. The molecule has 0 amide bonds. The second-order valence-corrected chi connectivity index (χ2v) is 2.25. The van der Waals surface area contributed by atoms with Gasteiger partial charge in [0.2, 0.25) is 0 Å². The van der Waals surface area contributed by atoms with Gasteiger partial charge in [0.15, 0.2) is 0 Å². The van der Waals surface area contributed by atoms with E-state index >= 15 is 0 Å². The molecule has 1 rings (SSSR count). The molecule has 1 aromatic rings. The highest BCUT2D eigenvalue weighted by Gasteiger charge is 1.92. The predicted molar refractivity (Wildman–Crippen MR) is 43.4 cm³/mol. The summed E-state index contributed by atoms with van der Waals surface area (Å²) in [4.78, 5) is 3.78. The van der Waals surface area contributed by atoms with Gasteiger partial charge < -0.3 is 11.9 Å². The van der Waals surface area contributed by atoms with Crippen LogP contribution in [-0.2, 0) is 0 Å². The minimum Gasteiger partial charge on any atom is -0.397 e. The Bertz CT molecular complexity index is 224. The molecule has 0 fully saturated rings. The predicted octanol–water partition coefficient (Wildman–Crippen LogP) is 1.79. The first kappa shape index (κ1) is 9.20. The van der Waals surface area contributed by atoms with Gasteiger partial charge in [-0.25, -0.2) is 4.98 Å². The van der Waals surface area contributed by atoms with Crippen LogP contribution in [0.25, 0.3) is 0 Å². The Balaban J connectivity index is 0.000000810. The van der Waals surface area contributed by atoms with Crippen molar-refractivity contribution >= 4 is 17.3 Å². The first-order valence-corrected chi connectivity index (χ1v) is 2.95. The van der Waals surface area contributed by atoms with Gasteiger partial charge in [-0.15, -0.1) is 0 Å². The van der Waals surface area contributed by atoms with Crippen LogP contribution in [0.3, 0.4) is 0 Å². The average molecular weight is 160 g/mol. The van der Waals surface area contributed by atoms with Gasteiger partial charge in [-0.3, -0.25) is 0 Å². The quantitative estimate of drug-likeness (QED) is 0.567. The van der Waals surface area contributed by atoms with Gasteiger partial charge in [0.05, 0.1) is 11.9 Å². The lowest BCUT2D eigenvalue weighted by Gasteiger charge is -1.96. The van der Waals surface area contributed by atoms with Gasteiger partial charge in [0.25, 0.3) is 0 Å². The van der Waals surface area contributed by atoms with E-state index in [0.717, 1.165) is 5.56 Å². The molecule has 3 nitrogen and oxygen atoms in total. The van der Waals surface area contributed by atoms with Crippen LogP contribution >= 0.6 is 11.6 Å². The second-order valence-electron chi connectivity index (χ2n) is 1.86. The van der Waals surface area contributed by atoms with Crippen molar-refractivity contribution in [1.29, 1.82) is 0 Å². The highest BCUT2D eigenvalue weighted by molar-refractivity contribution is 6.29. The van der Waals surface area contributed by atoms with Crippen molar-refractivity contribution in [3.8, 4) is 0 Å². The maximum Gasteiger partial charge on any atom is 0.129 e. The summed E-state index contributed by atoms with van der Waals surface area (Å²) in [5, 5.41) is 0.488. The number of halogens is 1. The first-order valence-electron chi connectivity index (χ1n) is 2.58. The number of rotatable bonds is 0. The second kappa shape index (κ2) is 3.39. The molecule has 0 saturated carbocycles. The molecule has 4 heteroatoms. The van der Waals surface area contributed by atoms with Crippen LogP contribution in [0.1, 0.15) is 5.56 Å². The van der Waals surface area contributed by atoms with Crippen molar-refractivity contribution in [3.63, 3.8) is 0 Å². The number of nitrogen functional groups attached to an aromatic ring is 1. The number of nitrogens with zero attached hydrogens (tertiary/aromatic N) is 1. The molecular weight excluding hydrogens is 150 g/mol. The summed E-state index contributed by atoms with van der Waals surface area (Å²) in [5.41, 5.74) is 7.12. The number of hydrogen-bond donors (Lipinski definition) is 2. The normalized spacial score (nSPS) is 8.60. The Kier molecular flexibility index (Phi) is 3.12. The number of nitrogens with two attached hydrogens (primary N) is 1. The molecule has 10 heavy (non-hydrogen) atoms. The van der Waals surface area contributed by atoms with Crippen LogP contribution in [0.15, 0.2) is 12.3 Å². The molecular formula is C6H10ClN3. The van der Waals surface area contributed by atoms with Gasteiger partial charge in [-0.1, -0.05) is 11.6 Å². The highest BCUT2D eigenvalue weighted by Crippen LogP contribution is 2.12. The van der Waals surface area contributed by atoms with E-state index in [2.05, 4.69) is 4.98 Å². The molecule has 0 unspecified atom stereocenters. The first-order chi connectivity index (χ1) is 4.20. The Hall–Kier alpha value is -0.800. The molecule has 0 aliphatic carbocycles. The summed E-state index contributed by atoms with van der Waals surface area (Å²) in [5.74, 6) is 0. The summed E-state index contributed by atoms with van der Waals surface area (Å²) < 4.78 is 0. The largest absolute Gasteiger partial charge is 0.397 e. The van der Waals surface area contributed by atoms with E-state index in [0.29, 0.717) is 10.8 Å². The molecule has 0 aliphatic rings. The number of aryl methyl sites for hydroxylation is 1. The van der Waals surface area contributed by atoms with E-state index in [9.17, 15) is 0 Å². The Morgan fingerprint density at radius 2 is 2.20 bits per heavy atom. The minimum absolute atomic E-state index is 0. The molecule has 0 bridgehead atoms. The van der Waals surface area contributed by atoms with Crippen LogP contribution in [0.2, 0.25) is 5.15 Å². The van der Waals surface area contributed by atoms with Crippen molar-refractivity contribution in [2.24, 2.45) is 0 Å². The van der Waals surface area contributed by atoms with Crippen molar-refractivity contribution in [1.82, 2.24) is 11.1 Å². The summed E-state index contributed by atoms with van der Waals surface area (Å²) >= 11 is 5.55. The lowest BCUT2D eigenvalue weighted by Crippen LogP contribution is -1.89. The highest BCUT2D eigenvalue weighted by atomic mass is 35.5. The Morgan fingerprint density at radius 1 is 1.60 bits per heavy atom. The zero-order valence-corrected chi connectivity index (χ0v) is 6.52. The lowest BCUT2D eigenvalue weighted by molar-refractivity contribution is 1.29. The van der Waals surface area contributed by atoms with Crippen molar-refractivity contribution < 1.29 is 0 Å². The van der Waals surface area contributed by atoms with Gasteiger partial charge in [-0.2, -0.15) is 0 Å². The van der Waals surface area contributed by atoms with Gasteiger partial charge in [0, 0.05) is 0 Å². The third-order valence-electron chi connectivity index (χ3n) is 1.12. The fourth-order valence-corrected chi connectivity index (χ4v) is 0.745. The molecule has 1 heterocycles. The van der Waals surface area contributed by atoms with Crippen LogP contribution in [0.5, 0.6) is 0 Å². The summed E-state index contributed by atoms with van der Waals surface area (Å²) in [6, 6.07) is 1.73. The van der Waals surface area contributed by atoms with E-state index in [1.165, 1.54) is 0 Å². The van der Waals surface area contributed by atoms with E-state index in [4.69, 9.17) is 17.3 Å². The summed E-state index contributed by atoms with van der Waals surface area (Å²) in [7, 11) is 0. The smallest absolute Gasteiger partial charge is 0.129 e. The number of anilines is 1.